The molecule has 1 aromatic heterocycles. The van der Waals surface area contributed by atoms with Crippen LogP contribution in [-0.4, -0.2) is 95.7 Å². The molecule has 16 heteroatoms. The van der Waals surface area contributed by atoms with E-state index in [1.807, 2.05) is 45.0 Å². The lowest BCUT2D eigenvalue weighted by molar-refractivity contribution is -0.130. The second-order valence-electron chi connectivity index (χ2n) is 14.9. The van der Waals surface area contributed by atoms with Crippen molar-refractivity contribution in [3.63, 3.8) is 0 Å². The quantitative estimate of drug-likeness (QED) is 0.159. The van der Waals surface area contributed by atoms with Crippen molar-refractivity contribution in [3.05, 3.63) is 78.4 Å². The van der Waals surface area contributed by atoms with Crippen LogP contribution >= 0.6 is 0 Å². The van der Waals surface area contributed by atoms with E-state index in [-0.39, 0.29) is 35.0 Å². The fourth-order valence-corrected chi connectivity index (χ4v) is 8.42. The molecule has 1 unspecified atom stereocenters. The smallest absolute Gasteiger partial charge is 0.407 e. The van der Waals surface area contributed by atoms with E-state index in [1.165, 1.54) is 4.31 Å². The van der Waals surface area contributed by atoms with Crippen molar-refractivity contribution < 1.29 is 32.3 Å². The third-order valence-corrected chi connectivity index (χ3v) is 11.7. The molecule has 1 saturated carbocycles. The minimum absolute atomic E-state index is 0.196. The van der Waals surface area contributed by atoms with Gasteiger partial charge in [-0.15, -0.1) is 10.2 Å². The SMILES string of the molecule is CC(C)(C)OC(=O)NCC1CCC(C(=O)NC(Cc2ccc(-c3ccccc3S(=O)(=O)N3CCOCC3)cc2)C(=O)Nc2ccc(-c3nn[nH]n3)cc2)CC1. The third kappa shape index (κ3) is 10.5. The van der Waals surface area contributed by atoms with E-state index in [2.05, 4.69) is 36.6 Å². The Labute approximate surface area is 321 Å². The van der Waals surface area contributed by atoms with Gasteiger partial charge in [0.2, 0.25) is 27.7 Å². The van der Waals surface area contributed by atoms with Gasteiger partial charge in [-0.1, -0.05) is 42.5 Å². The van der Waals surface area contributed by atoms with Crippen LogP contribution < -0.4 is 16.0 Å². The van der Waals surface area contributed by atoms with Crippen LogP contribution in [0.3, 0.4) is 0 Å². The summed E-state index contributed by atoms with van der Waals surface area (Å²) in [5.74, 6) is -0.233. The van der Waals surface area contributed by atoms with Gasteiger partial charge in [0.1, 0.15) is 11.6 Å². The van der Waals surface area contributed by atoms with Crippen LogP contribution in [0.5, 0.6) is 0 Å². The lowest BCUT2D eigenvalue weighted by atomic mass is 9.81. The number of rotatable bonds is 12. The van der Waals surface area contributed by atoms with E-state index >= 15 is 0 Å². The standard InChI is InChI=1S/C39H48N8O7S/c1-39(2,3)54-38(50)40-25-27-10-14-30(15-11-27)36(48)42-33(37(49)41-31-18-16-29(17-19-31)35-43-45-46-44-35)24-26-8-12-28(13-9-26)32-6-4-5-7-34(32)55(51,52)47-20-22-53-23-21-47/h4-9,12-13,16-19,27,30,33H,10-11,14-15,20-25H2,1-3H3,(H,40,50)(H,41,49)(H,42,48)(H,43,44,45,46). The van der Waals surface area contributed by atoms with Crippen molar-refractivity contribution in [2.45, 2.75) is 69.4 Å². The summed E-state index contributed by atoms with van der Waals surface area (Å²) in [6.45, 7) is 7.20. The van der Waals surface area contributed by atoms with Crippen molar-refractivity contribution >= 4 is 33.6 Å². The summed E-state index contributed by atoms with van der Waals surface area (Å²) < 4.78 is 39.4. The Morgan fingerprint density at radius 1 is 0.927 bits per heavy atom. The van der Waals surface area contributed by atoms with Crippen LogP contribution in [-0.2, 0) is 35.5 Å². The zero-order chi connectivity index (χ0) is 39.0. The van der Waals surface area contributed by atoms with Crippen molar-refractivity contribution in [2.24, 2.45) is 11.8 Å². The zero-order valence-electron chi connectivity index (χ0n) is 31.3. The lowest BCUT2D eigenvalue weighted by Gasteiger charge is -2.29. The molecule has 0 spiro atoms. The summed E-state index contributed by atoms with van der Waals surface area (Å²) in [4.78, 5) is 39.9. The number of anilines is 1. The van der Waals surface area contributed by atoms with Crippen molar-refractivity contribution in [3.8, 4) is 22.5 Å². The summed E-state index contributed by atoms with van der Waals surface area (Å²) in [7, 11) is -3.75. The number of sulfonamides is 1. The molecule has 292 valence electrons. The molecule has 0 radical (unpaired) electrons. The Morgan fingerprint density at radius 3 is 2.25 bits per heavy atom. The van der Waals surface area contributed by atoms with Gasteiger partial charge in [0.05, 0.1) is 18.1 Å². The van der Waals surface area contributed by atoms with Crippen LogP contribution in [0.25, 0.3) is 22.5 Å². The summed E-state index contributed by atoms with van der Waals surface area (Å²) in [5, 5.41) is 22.8. The normalized spacial score (nSPS) is 18.5. The molecule has 1 aliphatic carbocycles. The van der Waals surface area contributed by atoms with E-state index in [4.69, 9.17) is 9.47 Å². The van der Waals surface area contributed by atoms with E-state index < -0.39 is 27.8 Å². The Hall–Kier alpha value is -5.19. The van der Waals surface area contributed by atoms with Gasteiger partial charge in [-0.2, -0.15) is 9.52 Å². The molecule has 3 amide bonds. The first-order valence-corrected chi connectivity index (χ1v) is 20.0. The number of hydrogen-bond donors (Lipinski definition) is 4. The van der Waals surface area contributed by atoms with Gasteiger partial charge < -0.3 is 25.4 Å². The first-order valence-electron chi connectivity index (χ1n) is 18.5. The molecule has 0 bridgehead atoms. The molecule has 4 aromatic rings. The van der Waals surface area contributed by atoms with Crippen LogP contribution in [0.1, 0.15) is 52.0 Å². The van der Waals surface area contributed by atoms with Gasteiger partial charge in [0.15, 0.2) is 0 Å². The molecule has 1 aliphatic heterocycles. The number of nitrogens with one attached hydrogen (secondary N) is 4. The maximum Gasteiger partial charge on any atom is 0.407 e. The first-order chi connectivity index (χ1) is 26.4. The lowest BCUT2D eigenvalue weighted by Crippen LogP contribution is -2.48. The van der Waals surface area contributed by atoms with Gasteiger partial charge >= 0.3 is 6.09 Å². The number of aromatic amines is 1. The minimum atomic E-state index is -3.75. The Morgan fingerprint density at radius 2 is 1.60 bits per heavy atom. The number of hydrogen-bond acceptors (Lipinski definition) is 10. The molecule has 1 atom stereocenters. The number of H-pyrrole nitrogens is 1. The molecular formula is C39H48N8O7S. The number of carbonyl (C=O) groups is 3. The Balaban J connectivity index is 1.14. The van der Waals surface area contributed by atoms with Crippen molar-refractivity contribution in [1.82, 2.24) is 35.6 Å². The second-order valence-corrected chi connectivity index (χ2v) is 16.8. The number of morpholine rings is 1. The van der Waals surface area contributed by atoms with Gasteiger partial charge in [-0.3, -0.25) is 9.59 Å². The third-order valence-electron chi connectivity index (χ3n) is 9.72. The molecule has 2 aliphatic rings. The first kappa shape index (κ1) is 39.5. The average molecular weight is 773 g/mol. The molecule has 1 saturated heterocycles. The van der Waals surface area contributed by atoms with Crippen LogP contribution in [0.15, 0.2) is 77.7 Å². The number of amides is 3. The van der Waals surface area contributed by atoms with E-state index in [9.17, 15) is 22.8 Å². The summed E-state index contributed by atoms with van der Waals surface area (Å²) in [6.07, 6.45) is 2.49. The highest BCUT2D eigenvalue weighted by atomic mass is 32.2. The minimum Gasteiger partial charge on any atom is -0.444 e. The molecule has 6 rings (SSSR count). The van der Waals surface area contributed by atoms with E-state index in [0.29, 0.717) is 73.9 Å². The number of alkyl carbamates (subject to hydrolysis) is 1. The zero-order valence-corrected chi connectivity index (χ0v) is 32.1. The summed E-state index contributed by atoms with van der Waals surface area (Å²) >= 11 is 0. The van der Waals surface area contributed by atoms with Gasteiger partial charge in [0, 0.05) is 48.8 Å². The molecule has 4 N–H and O–H groups in total. The number of tetrazole rings is 1. The Kier molecular flexibility index (Phi) is 12.6. The largest absolute Gasteiger partial charge is 0.444 e. The highest BCUT2D eigenvalue weighted by Crippen LogP contribution is 2.31. The van der Waals surface area contributed by atoms with Crippen molar-refractivity contribution in [2.75, 3.05) is 38.2 Å². The summed E-state index contributed by atoms with van der Waals surface area (Å²) in [6, 6.07) is 20.4. The van der Waals surface area contributed by atoms with Crippen LogP contribution in [0.4, 0.5) is 10.5 Å². The molecule has 55 heavy (non-hydrogen) atoms. The Bertz CT molecular complexity index is 2020. The van der Waals surface area contributed by atoms with Crippen LogP contribution in [0, 0.1) is 11.8 Å². The molecule has 15 nitrogen and oxygen atoms in total. The van der Waals surface area contributed by atoms with Gasteiger partial charge in [-0.05, 0) is 99.0 Å². The molecule has 3 aromatic carbocycles. The fraction of sp³-hybridized carbons (Fsp3) is 0.436. The van der Waals surface area contributed by atoms with E-state index in [1.54, 1.807) is 48.5 Å². The summed E-state index contributed by atoms with van der Waals surface area (Å²) in [5.41, 5.74) is 2.73. The highest BCUT2D eigenvalue weighted by Gasteiger charge is 2.31. The predicted octanol–water partition coefficient (Wildman–Crippen LogP) is 4.55. The predicted molar refractivity (Wildman–Crippen MR) is 205 cm³/mol. The number of carbonyl (C=O) groups excluding carboxylic acids is 3. The maximum atomic E-state index is 13.8. The topological polar surface area (TPSA) is 198 Å². The number of aromatic nitrogens is 4. The monoisotopic (exact) mass is 772 g/mol. The average Bonchev–Trinajstić information content (AvgIpc) is 3.73. The fourth-order valence-electron chi connectivity index (χ4n) is 6.80. The molecule has 2 heterocycles. The van der Waals surface area contributed by atoms with Crippen molar-refractivity contribution in [1.29, 1.82) is 0 Å². The molecule has 2 fully saturated rings. The van der Waals surface area contributed by atoms with Gasteiger partial charge in [0.25, 0.3) is 0 Å². The second kappa shape index (κ2) is 17.5. The molecular weight excluding hydrogens is 725 g/mol. The highest BCUT2D eigenvalue weighted by molar-refractivity contribution is 7.89. The van der Waals surface area contributed by atoms with Crippen LogP contribution in [0.2, 0.25) is 0 Å². The van der Waals surface area contributed by atoms with Gasteiger partial charge in [-0.25, -0.2) is 13.2 Å². The number of ether oxygens (including phenoxy) is 2. The number of nitrogens with zero attached hydrogens (tertiary/aromatic N) is 4. The number of benzene rings is 3. The maximum absolute atomic E-state index is 13.8. The van der Waals surface area contributed by atoms with E-state index in [0.717, 1.165) is 18.4 Å².